The molecule has 2 unspecified atom stereocenters. The first-order valence-electron chi connectivity index (χ1n) is 10.8. The summed E-state index contributed by atoms with van der Waals surface area (Å²) >= 11 is 0. The molecule has 4 rings (SSSR count). The van der Waals surface area contributed by atoms with Crippen molar-refractivity contribution in [1.29, 1.82) is 0 Å². The van der Waals surface area contributed by atoms with Gasteiger partial charge in [-0.1, -0.05) is 25.1 Å². The molecule has 0 aromatic heterocycles. The number of ether oxygens (including phenoxy) is 1. The van der Waals surface area contributed by atoms with Crippen LogP contribution in [0.2, 0.25) is 0 Å². The molecule has 1 aliphatic carbocycles. The SMILES string of the molecule is CNC(=O)/C(C)=C/C(=C\CC(C)c1cccc2c1CC(=O)N2)C(=O)NC1[C@H]2COC[C@@H]12. The van der Waals surface area contributed by atoms with Crippen LogP contribution in [0.4, 0.5) is 5.69 Å². The van der Waals surface area contributed by atoms with Gasteiger partial charge in [0.2, 0.25) is 11.8 Å². The van der Waals surface area contributed by atoms with Gasteiger partial charge in [-0.2, -0.15) is 0 Å². The number of carbonyl (C=O) groups excluding carboxylic acids is 3. The Morgan fingerprint density at radius 3 is 2.71 bits per heavy atom. The molecule has 1 saturated heterocycles. The summed E-state index contributed by atoms with van der Waals surface area (Å²) in [7, 11) is 1.57. The first-order chi connectivity index (χ1) is 14.9. The van der Waals surface area contributed by atoms with Crippen molar-refractivity contribution < 1.29 is 19.1 Å². The highest BCUT2D eigenvalue weighted by atomic mass is 16.5. The third kappa shape index (κ3) is 4.42. The Morgan fingerprint density at radius 1 is 1.26 bits per heavy atom. The highest BCUT2D eigenvalue weighted by molar-refractivity contribution is 6.01. The van der Waals surface area contributed by atoms with Gasteiger partial charge >= 0.3 is 0 Å². The van der Waals surface area contributed by atoms with Crippen LogP contribution in [0.25, 0.3) is 0 Å². The largest absolute Gasteiger partial charge is 0.381 e. The van der Waals surface area contributed by atoms with Crippen molar-refractivity contribution in [3.8, 4) is 0 Å². The van der Waals surface area contributed by atoms with Gasteiger partial charge in [-0.15, -0.1) is 0 Å². The number of rotatable bonds is 7. The molecule has 2 heterocycles. The number of hydrogen-bond acceptors (Lipinski definition) is 4. The molecule has 7 nitrogen and oxygen atoms in total. The summed E-state index contributed by atoms with van der Waals surface area (Å²) in [4.78, 5) is 36.8. The van der Waals surface area contributed by atoms with Crippen LogP contribution >= 0.6 is 0 Å². The Balaban J connectivity index is 1.52. The molecule has 0 bridgehead atoms. The van der Waals surface area contributed by atoms with Gasteiger partial charge in [0.05, 0.1) is 19.6 Å². The lowest BCUT2D eigenvalue weighted by atomic mass is 9.91. The molecule has 2 aliphatic heterocycles. The van der Waals surface area contributed by atoms with Gasteiger partial charge in [0.25, 0.3) is 5.91 Å². The van der Waals surface area contributed by atoms with E-state index in [1.807, 2.05) is 24.3 Å². The number of carbonyl (C=O) groups is 3. The lowest BCUT2D eigenvalue weighted by molar-refractivity contribution is -0.117. The van der Waals surface area contributed by atoms with E-state index in [-0.39, 0.29) is 29.7 Å². The average molecular weight is 424 g/mol. The summed E-state index contributed by atoms with van der Waals surface area (Å²) < 4.78 is 5.40. The normalized spacial score (nSPS) is 25.4. The Labute approximate surface area is 182 Å². The minimum atomic E-state index is -0.214. The molecule has 3 aliphatic rings. The Hall–Kier alpha value is -2.93. The fourth-order valence-electron chi connectivity index (χ4n) is 4.57. The van der Waals surface area contributed by atoms with E-state index in [2.05, 4.69) is 22.9 Å². The van der Waals surface area contributed by atoms with Gasteiger partial charge < -0.3 is 20.7 Å². The Morgan fingerprint density at radius 2 is 2.00 bits per heavy atom. The zero-order valence-electron chi connectivity index (χ0n) is 18.2. The lowest BCUT2D eigenvalue weighted by Crippen LogP contribution is -2.31. The zero-order valence-corrected chi connectivity index (χ0v) is 18.2. The third-order valence-corrected chi connectivity index (χ3v) is 6.52. The number of hydrogen-bond donors (Lipinski definition) is 3. The molecule has 3 amide bonds. The van der Waals surface area contributed by atoms with Crippen LogP contribution in [0.3, 0.4) is 0 Å². The van der Waals surface area contributed by atoms with Crippen LogP contribution in [0.1, 0.15) is 37.3 Å². The molecular formula is C24H29N3O4. The summed E-state index contributed by atoms with van der Waals surface area (Å²) in [5.74, 6) is 0.565. The van der Waals surface area contributed by atoms with Gasteiger partial charge in [-0.05, 0) is 42.5 Å². The van der Waals surface area contributed by atoms with E-state index >= 15 is 0 Å². The van der Waals surface area contributed by atoms with Crippen LogP contribution in [-0.2, 0) is 25.5 Å². The van der Waals surface area contributed by atoms with Crippen LogP contribution in [0.5, 0.6) is 0 Å². The second kappa shape index (κ2) is 8.67. The van der Waals surface area contributed by atoms with Crippen LogP contribution < -0.4 is 16.0 Å². The third-order valence-electron chi connectivity index (χ3n) is 6.52. The highest BCUT2D eigenvalue weighted by Crippen LogP contribution is 2.44. The van der Waals surface area contributed by atoms with Crippen LogP contribution in [0.15, 0.2) is 41.5 Å². The van der Waals surface area contributed by atoms with Crippen molar-refractivity contribution in [3.63, 3.8) is 0 Å². The second-order valence-electron chi connectivity index (χ2n) is 8.67. The second-order valence-corrected chi connectivity index (χ2v) is 8.67. The smallest absolute Gasteiger partial charge is 0.251 e. The van der Waals surface area contributed by atoms with Gasteiger partial charge in [0, 0.05) is 41.8 Å². The molecule has 2 fully saturated rings. The molecule has 3 N–H and O–H groups in total. The number of fused-ring (bicyclic) bond motifs is 2. The number of nitrogens with one attached hydrogen (secondary N) is 3. The molecule has 1 aromatic carbocycles. The van der Waals surface area contributed by atoms with E-state index in [1.165, 1.54) is 0 Å². The molecule has 4 atom stereocenters. The monoisotopic (exact) mass is 423 g/mol. The summed E-state index contributed by atoms with van der Waals surface area (Å²) in [5, 5.41) is 8.59. The zero-order chi connectivity index (χ0) is 22.1. The van der Waals surface area contributed by atoms with E-state index in [0.717, 1.165) is 16.8 Å². The van der Waals surface area contributed by atoms with Crippen molar-refractivity contribution in [2.45, 2.75) is 38.6 Å². The first kappa shape index (κ1) is 21.3. The van der Waals surface area contributed by atoms with Gasteiger partial charge in [-0.25, -0.2) is 0 Å². The van der Waals surface area contributed by atoms with Crippen molar-refractivity contribution in [2.24, 2.45) is 11.8 Å². The van der Waals surface area contributed by atoms with E-state index < -0.39 is 0 Å². The minimum Gasteiger partial charge on any atom is -0.381 e. The van der Waals surface area contributed by atoms with E-state index in [1.54, 1.807) is 20.0 Å². The molecule has 31 heavy (non-hydrogen) atoms. The van der Waals surface area contributed by atoms with Crippen molar-refractivity contribution in [1.82, 2.24) is 10.6 Å². The first-order valence-corrected chi connectivity index (χ1v) is 10.8. The predicted octanol–water partition coefficient (Wildman–Crippen LogP) is 2.05. The van der Waals surface area contributed by atoms with Gasteiger partial charge in [0.1, 0.15) is 0 Å². The summed E-state index contributed by atoms with van der Waals surface area (Å²) in [5.41, 5.74) is 3.97. The van der Waals surface area contributed by atoms with Gasteiger partial charge in [-0.3, -0.25) is 14.4 Å². The Bertz CT molecular complexity index is 971. The molecule has 7 heteroatoms. The molecule has 164 valence electrons. The van der Waals surface area contributed by atoms with Crippen LogP contribution in [-0.4, -0.2) is 44.0 Å². The summed E-state index contributed by atoms with van der Waals surface area (Å²) in [6.07, 6.45) is 4.54. The maximum Gasteiger partial charge on any atom is 0.251 e. The van der Waals surface area contributed by atoms with Crippen molar-refractivity contribution in [2.75, 3.05) is 25.6 Å². The fraction of sp³-hybridized carbons (Fsp3) is 0.458. The minimum absolute atomic E-state index is 0.00774. The maximum atomic E-state index is 13.0. The van der Waals surface area contributed by atoms with Crippen molar-refractivity contribution in [3.05, 3.63) is 52.6 Å². The van der Waals surface area contributed by atoms with E-state index in [0.29, 0.717) is 49.0 Å². The summed E-state index contributed by atoms with van der Waals surface area (Å²) in [6.45, 7) is 5.18. The number of benzene rings is 1. The quantitative estimate of drug-likeness (QED) is 0.462. The topological polar surface area (TPSA) is 96.5 Å². The van der Waals surface area contributed by atoms with Crippen LogP contribution in [0, 0.1) is 11.8 Å². The summed E-state index contributed by atoms with van der Waals surface area (Å²) in [6, 6.07) is 6.05. The average Bonchev–Trinajstić information content (AvgIpc) is 3.11. The molecular weight excluding hydrogens is 394 g/mol. The highest BCUT2D eigenvalue weighted by Gasteiger charge is 2.54. The molecule has 1 saturated carbocycles. The van der Waals surface area contributed by atoms with E-state index in [4.69, 9.17) is 4.74 Å². The molecule has 1 aromatic rings. The number of amides is 3. The molecule has 0 radical (unpaired) electrons. The fourth-order valence-corrected chi connectivity index (χ4v) is 4.57. The predicted molar refractivity (Wildman–Crippen MR) is 117 cm³/mol. The number of allylic oxidation sites excluding steroid dienone is 1. The van der Waals surface area contributed by atoms with E-state index in [9.17, 15) is 14.4 Å². The lowest BCUT2D eigenvalue weighted by Gasteiger charge is -2.15. The maximum absolute atomic E-state index is 13.0. The van der Waals surface area contributed by atoms with Gasteiger partial charge in [0.15, 0.2) is 0 Å². The number of anilines is 1. The standard InChI is InChI=1S/C24H29N3O4/c1-13(16-5-4-6-20-17(16)10-21(28)26-20)7-8-15(9-14(2)23(29)25-3)24(30)27-22-18-11-31-12-19(18)22/h4-6,8-9,13,18-19,22H,7,10-12H2,1-3H3,(H,25,29)(H,26,28)(H,27,30)/b14-9+,15-8+/t13?,18-,19+,22?. The molecule has 0 spiro atoms. The Kier molecular flexibility index (Phi) is 5.96. The number of likely N-dealkylation sites (N-methyl/N-ethyl adjacent to an activating group) is 1. The van der Waals surface area contributed by atoms with Crippen molar-refractivity contribution >= 4 is 23.4 Å².